The van der Waals surface area contributed by atoms with E-state index in [-0.39, 0.29) is 0 Å². The molecule has 0 unspecified atom stereocenters. The average Bonchev–Trinajstić information content (AvgIpc) is 0.769. The molecule has 5 aromatic rings. The molecular formula is C94H125BrOSi4. The summed E-state index contributed by atoms with van der Waals surface area (Å²) in [4.78, 5) is 0. The number of rotatable bonds is 24. The molecule has 0 saturated carbocycles. The van der Waals surface area contributed by atoms with E-state index in [0.29, 0.717) is 106 Å². The monoisotopic (exact) mass is 1460 g/mol. The van der Waals surface area contributed by atoms with Crippen molar-refractivity contribution >= 4 is 48.2 Å². The van der Waals surface area contributed by atoms with Crippen LogP contribution in [-0.2, 0) is 0 Å². The highest BCUT2D eigenvalue weighted by molar-refractivity contribution is 9.10. The third-order valence-electron chi connectivity index (χ3n) is 22.2. The standard InChI is InChI=1S/C94H125BrOSi4/c1-26-27-28-29-30-31-32-33-34-35-64-96-94-91(58-54-83-40-48-87(49-41-83)62-67-99(75(14)15,76(16)17)77(18)19)89(56-52-81-36-44-85(45-37-81)60-65-97(69(2)3,70(4)5)71(6)7)93(95)90(57-53-82-38-46-86(47-39-82)61-66-98(72(8)9,73(10)11)74(12)13)92(94)59-55-84-42-50-88(51-43-84)63-68-100(78(20)21,79(22)23)80(24)25/h36-51,69-80H,26-35,64H2,1-25H3. The van der Waals surface area contributed by atoms with Gasteiger partial charge in [0.25, 0.3) is 0 Å². The van der Waals surface area contributed by atoms with Gasteiger partial charge in [-0.25, -0.2) is 0 Å². The average molecular weight is 1460 g/mol. The van der Waals surface area contributed by atoms with E-state index in [9.17, 15) is 0 Å². The minimum atomic E-state index is -1.95. The molecule has 0 aromatic heterocycles. The molecule has 100 heavy (non-hydrogen) atoms. The van der Waals surface area contributed by atoms with E-state index >= 15 is 0 Å². The van der Waals surface area contributed by atoms with Crippen LogP contribution in [0.25, 0.3) is 0 Å². The fourth-order valence-corrected chi connectivity index (χ4v) is 38.1. The first kappa shape index (κ1) is 84.4. The van der Waals surface area contributed by atoms with Gasteiger partial charge in [-0.15, -0.1) is 22.2 Å². The van der Waals surface area contributed by atoms with Crippen molar-refractivity contribution in [2.45, 2.75) is 304 Å². The van der Waals surface area contributed by atoms with Gasteiger partial charge in [-0.3, -0.25) is 0 Å². The summed E-state index contributed by atoms with van der Waals surface area (Å²) in [5.74, 6) is 44.5. The van der Waals surface area contributed by atoms with Gasteiger partial charge >= 0.3 is 0 Å². The Morgan fingerprint density at radius 3 is 0.630 bits per heavy atom. The first-order valence-electron chi connectivity index (χ1n) is 38.5. The van der Waals surface area contributed by atoms with Crippen LogP contribution in [0, 0.1) is 93.2 Å². The van der Waals surface area contributed by atoms with Gasteiger partial charge in [-0.05, 0) is 186 Å². The van der Waals surface area contributed by atoms with Gasteiger partial charge in [0, 0.05) is 44.5 Å². The maximum Gasteiger partial charge on any atom is 0.153 e. The Kier molecular flexibility index (Phi) is 33.7. The van der Waals surface area contributed by atoms with Crippen molar-refractivity contribution in [3.05, 3.63) is 168 Å². The van der Waals surface area contributed by atoms with E-state index < -0.39 is 32.3 Å². The van der Waals surface area contributed by atoms with Crippen molar-refractivity contribution in [3.63, 3.8) is 0 Å². The molecule has 0 heterocycles. The molecule has 0 fully saturated rings. The number of hydrogen-bond acceptors (Lipinski definition) is 1. The Morgan fingerprint density at radius 2 is 0.430 bits per heavy atom. The molecule has 0 aliphatic rings. The molecule has 0 aliphatic heterocycles. The van der Waals surface area contributed by atoms with E-state index in [1.165, 1.54) is 44.9 Å². The Morgan fingerprint density at radius 1 is 0.250 bits per heavy atom. The molecule has 0 atom stereocenters. The summed E-state index contributed by atoms with van der Waals surface area (Å²) < 4.78 is 7.98. The second-order valence-corrected chi connectivity index (χ2v) is 55.2. The number of ether oxygens (including phenoxy) is 1. The summed E-state index contributed by atoms with van der Waals surface area (Å²) in [6.45, 7) is 59.6. The Bertz CT molecular complexity index is 3660. The Hall–Kier alpha value is -6.27. The molecule has 0 saturated heterocycles. The van der Waals surface area contributed by atoms with Crippen LogP contribution in [0.3, 0.4) is 0 Å². The van der Waals surface area contributed by atoms with Crippen molar-refractivity contribution < 1.29 is 4.74 Å². The van der Waals surface area contributed by atoms with Crippen molar-refractivity contribution in [2.75, 3.05) is 6.61 Å². The second kappa shape index (κ2) is 40.0. The van der Waals surface area contributed by atoms with Crippen LogP contribution >= 0.6 is 15.9 Å². The van der Waals surface area contributed by atoms with E-state index in [2.05, 4.69) is 379 Å². The van der Waals surface area contributed by atoms with Gasteiger partial charge in [0.05, 0.1) is 33.3 Å². The maximum absolute atomic E-state index is 7.27. The summed E-state index contributed by atoms with van der Waals surface area (Å²) in [6.07, 6.45) is 12.2. The maximum atomic E-state index is 7.27. The zero-order valence-electron chi connectivity index (χ0n) is 66.7. The molecule has 6 heteroatoms. The lowest BCUT2D eigenvalue weighted by atomic mass is 9.95. The van der Waals surface area contributed by atoms with Crippen LogP contribution in [0.2, 0.25) is 66.5 Å². The van der Waals surface area contributed by atoms with E-state index in [1.54, 1.807) is 0 Å². The fraction of sp³-hybridized carbons (Fsp3) is 0.511. The van der Waals surface area contributed by atoms with E-state index in [4.69, 9.17) is 4.74 Å². The summed E-state index contributed by atoms with van der Waals surface area (Å²) in [5, 5.41) is 0. The summed E-state index contributed by atoms with van der Waals surface area (Å²) in [6, 6.07) is 33.8. The van der Waals surface area contributed by atoms with Crippen LogP contribution in [0.5, 0.6) is 5.75 Å². The minimum Gasteiger partial charge on any atom is -0.491 e. The molecule has 5 rings (SSSR count). The predicted molar refractivity (Wildman–Crippen MR) is 453 cm³/mol. The third kappa shape index (κ3) is 21.7. The normalized spacial score (nSPS) is 11.8. The lowest BCUT2D eigenvalue weighted by molar-refractivity contribution is 0.302. The SMILES string of the molecule is CCCCCCCCCCCCOc1c(C#Cc2ccc(C#C[Si](C(C)C)(C(C)C)C(C)C)cc2)c(C#Cc2ccc(C#C[Si](C(C)C)(C(C)C)C(C)C)cc2)c(Br)c(C#Cc2ccc(C#C[Si](C(C)C)(C(C)C)C(C)C)cc2)c1C#Cc1ccc(C#C[Si](C(C)C)(C(C)C)C(C)C)cc1. The third-order valence-corrected chi connectivity index (χ3v) is 48.1. The van der Waals surface area contributed by atoms with E-state index in [0.717, 1.165) is 63.8 Å². The van der Waals surface area contributed by atoms with Gasteiger partial charge < -0.3 is 4.74 Å². The minimum absolute atomic E-state index is 0.484. The Balaban J connectivity index is 1.87. The Labute approximate surface area is 626 Å². The number of unbranched alkanes of at least 4 members (excludes halogenated alkanes) is 9. The molecule has 0 bridgehead atoms. The smallest absolute Gasteiger partial charge is 0.153 e. The molecule has 1 nitrogen and oxygen atoms in total. The van der Waals surface area contributed by atoms with Gasteiger partial charge in [-0.1, -0.05) is 302 Å². The molecule has 0 radical (unpaired) electrons. The van der Waals surface area contributed by atoms with Crippen molar-refractivity contribution in [1.29, 1.82) is 0 Å². The summed E-state index contributed by atoms with van der Waals surface area (Å²) in [5.41, 5.74) is 32.4. The molecule has 530 valence electrons. The quantitative estimate of drug-likeness (QED) is 0.0340. The van der Waals surface area contributed by atoms with Crippen LogP contribution in [0.1, 0.15) is 304 Å². The summed E-state index contributed by atoms with van der Waals surface area (Å²) >= 11 is 4.22. The van der Waals surface area contributed by atoms with Crippen molar-refractivity contribution in [1.82, 2.24) is 0 Å². The van der Waals surface area contributed by atoms with Crippen molar-refractivity contribution in [2.24, 2.45) is 0 Å². The molecule has 0 amide bonds. The first-order chi connectivity index (χ1) is 47.4. The lowest BCUT2D eigenvalue weighted by Gasteiger charge is -2.38. The van der Waals surface area contributed by atoms with E-state index in [1.807, 2.05) is 0 Å². The van der Waals surface area contributed by atoms with Crippen molar-refractivity contribution in [3.8, 4) is 99.0 Å². The molecule has 5 aromatic carbocycles. The number of halogens is 1. The summed E-state index contributed by atoms with van der Waals surface area (Å²) in [7, 11) is -7.79. The van der Waals surface area contributed by atoms with Gasteiger partial charge in [0.1, 0.15) is 32.3 Å². The van der Waals surface area contributed by atoms with Crippen LogP contribution in [0.4, 0.5) is 0 Å². The number of benzene rings is 5. The second-order valence-electron chi connectivity index (χ2n) is 32.1. The van der Waals surface area contributed by atoms with Crippen LogP contribution in [-0.4, -0.2) is 38.9 Å². The lowest BCUT2D eigenvalue weighted by Crippen LogP contribution is -2.43. The molecular weight excluding hydrogens is 1340 g/mol. The zero-order valence-corrected chi connectivity index (χ0v) is 72.3. The molecule has 0 aliphatic carbocycles. The van der Waals surface area contributed by atoms with Gasteiger partial charge in [0.15, 0.2) is 5.75 Å². The topological polar surface area (TPSA) is 9.23 Å². The fourth-order valence-electron chi connectivity index (χ4n) is 16.6. The molecule has 0 spiro atoms. The van der Waals surface area contributed by atoms with Gasteiger partial charge in [0.2, 0.25) is 0 Å². The van der Waals surface area contributed by atoms with Crippen LogP contribution in [0.15, 0.2) is 102 Å². The van der Waals surface area contributed by atoms with Gasteiger partial charge in [-0.2, -0.15) is 0 Å². The number of hydrogen-bond donors (Lipinski definition) is 0. The highest BCUT2D eigenvalue weighted by Crippen LogP contribution is 2.45. The molecule has 0 N–H and O–H groups in total. The zero-order chi connectivity index (χ0) is 74.1. The largest absolute Gasteiger partial charge is 0.491 e. The first-order valence-corrected chi connectivity index (χ1v) is 48.2. The highest BCUT2D eigenvalue weighted by Gasteiger charge is 2.45. The highest BCUT2D eigenvalue weighted by atomic mass is 79.9. The predicted octanol–water partition coefficient (Wildman–Crippen LogP) is 26.6. The van der Waals surface area contributed by atoms with Crippen LogP contribution < -0.4 is 4.74 Å².